The van der Waals surface area contributed by atoms with Crippen molar-refractivity contribution in [1.29, 1.82) is 0 Å². The van der Waals surface area contributed by atoms with Crippen LogP contribution in [0, 0.1) is 10.1 Å². The molecule has 0 bridgehead atoms. The third kappa shape index (κ3) is 3.29. The fourth-order valence-electron chi connectivity index (χ4n) is 1.73. The van der Waals surface area contributed by atoms with E-state index < -0.39 is 4.92 Å². The molecule has 5 heteroatoms. The van der Waals surface area contributed by atoms with Crippen LogP contribution < -0.4 is 10.5 Å². The first-order valence-electron chi connectivity index (χ1n) is 5.85. The Labute approximate surface area is 110 Å². The standard InChI is InChI=1S/C14H14N2O3/c15-9-11-4-3-6-13(8-11)19-10-12-5-1-2-7-14(12)16(17)18/h1-8H,9-10,15H2. The maximum atomic E-state index is 10.9. The zero-order valence-corrected chi connectivity index (χ0v) is 10.3. The van der Waals surface area contributed by atoms with Crippen LogP contribution >= 0.6 is 0 Å². The predicted molar refractivity (Wildman–Crippen MR) is 71.8 cm³/mol. The SMILES string of the molecule is NCc1cccc(OCc2ccccc2[N+](=O)[O-])c1. The van der Waals surface area contributed by atoms with Crippen molar-refractivity contribution in [3.63, 3.8) is 0 Å². The molecule has 0 aromatic heterocycles. The van der Waals surface area contributed by atoms with Gasteiger partial charge in [0.2, 0.25) is 0 Å². The van der Waals surface area contributed by atoms with Crippen LogP contribution in [-0.2, 0) is 13.2 Å². The van der Waals surface area contributed by atoms with E-state index in [1.54, 1.807) is 24.3 Å². The Kier molecular flexibility index (Phi) is 4.10. The fraction of sp³-hybridized carbons (Fsp3) is 0.143. The predicted octanol–water partition coefficient (Wildman–Crippen LogP) is 2.63. The molecule has 0 amide bonds. The summed E-state index contributed by atoms with van der Waals surface area (Å²) < 4.78 is 5.57. The summed E-state index contributed by atoms with van der Waals surface area (Å²) in [6.45, 7) is 0.591. The highest BCUT2D eigenvalue weighted by atomic mass is 16.6. The molecule has 0 heterocycles. The zero-order chi connectivity index (χ0) is 13.7. The van der Waals surface area contributed by atoms with Gasteiger partial charge in [-0.1, -0.05) is 24.3 Å². The molecule has 5 nitrogen and oxygen atoms in total. The van der Waals surface area contributed by atoms with Crippen molar-refractivity contribution in [2.24, 2.45) is 5.73 Å². The Hall–Kier alpha value is -2.40. The number of rotatable bonds is 5. The number of nitrogens with zero attached hydrogens (tertiary/aromatic N) is 1. The molecule has 0 aliphatic carbocycles. The summed E-state index contributed by atoms with van der Waals surface area (Å²) in [6, 6.07) is 13.9. The molecule has 0 fully saturated rings. The minimum Gasteiger partial charge on any atom is -0.489 e. The highest BCUT2D eigenvalue weighted by Gasteiger charge is 2.12. The Morgan fingerprint density at radius 1 is 1.16 bits per heavy atom. The molecule has 0 aliphatic rings. The number of hydrogen-bond donors (Lipinski definition) is 1. The summed E-state index contributed by atoms with van der Waals surface area (Å²) in [7, 11) is 0. The first-order chi connectivity index (χ1) is 9.20. The van der Waals surface area contributed by atoms with Crippen molar-refractivity contribution in [2.75, 3.05) is 0 Å². The third-order valence-electron chi connectivity index (χ3n) is 2.72. The molecule has 2 aromatic rings. The molecule has 0 spiro atoms. The van der Waals surface area contributed by atoms with Crippen LogP contribution in [-0.4, -0.2) is 4.92 Å². The lowest BCUT2D eigenvalue weighted by Gasteiger charge is -2.07. The van der Waals surface area contributed by atoms with Gasteiger partial charge in [0.25, 0.3) is 5.69 Å². The number of nitro groups is 1. The zero-order valence-electron chi connectivity index (χ0n) is 10.3. The molecule has 0 aliphatic heterocycles. The molecule has 19 heavy (non-hydrogen) atoms. The Morgan fingerprint density at radius 3 is 2.68 bits per heavy atom. The van der Waals surface area contributed by atoms with Gasteiger partial charge in [0.15, 0.2) is 0 Å². The monoisotopic (exact) mass is 258 g/mol. The highest BCUT2D eigenvalue weighted by Crippen LogP contribution is 2.20. The number of para-hydroxylation sites is 1. The van der Waals surface area contributed by atoms with Crippen LogP contribution in [0.3, 0.4) is 0 Å². The van der Waals surface area contributed by atoms with Gasteiger partial charge in [-0.05, 0) is 23.8 Å². The number of nitro benzene ring substituents is 1. The summed E-state index contributed by atoms with van der Waals surface area (Å²) in [5.74, 6) is 0.654. The highest BCUT2D eigenvalue weighted by molar-refractivity contribution is 5.39. The van der Waals surface area contributed by atoms with Gasteiger partial charge < -0.3 is 10.5 Å². The molecule has 98 valence electrons. The number of ether oxygens (including phenoxy) is 1. The average Bonchev–Trinajstić information content (AvgIpc) is 2.45. The van der Waals surface area contributed by atoms with Crippen LogP contribution in [0.5, 0.6) is 5.75 Å². The van der Waals surface area contributed by atoms with Gasteiger partial charge in [-0.2, -0.15) is 0 Å². The Morgan fingerprint density at radius 2 is 1.95 bits per heavy atom. The van der Waals surface area contributed by atoms with Crippen LogP contribution in [0.25, 0.3) is 0 Å². The molecule has 2 aromatic carbocycles. The van der Waals surface area contributed by atoms with Gasteiger partial charge in [0.1, 0.15) is 12.4 Å². The van der Waals surface area contributed by atoms with Crippen molar-refractivity contribution < 1.29 is 9.66 Å². The summed E-state index contributed by atoms with van der Waals surface area (Å²) >= 11 is 0. The van der Waals surface area contributed by atoms with Crippen molar-refractivity contribution in [2.45, 2.75) is 13.2 Å². The van der Waals surface area contributed by atoms with Crippen LogP contribution in [0.1, 0.15) is 11.1 Å². The topological polar surface area (TPSA) is 78.4 Å². The van der Waals surface area contributed by atoms with E-state index in [1.807, 2.05) is 18.2 Å². The third-order valence-corrected chi connectivity index (χ3v) is 2.72. The van der Waals surface area contributed by atoms with E-state index >= 15 is 0 Å². The van der Waals surface area contributed by atoms with Gasteiger partial charge in [-0.15, -0.1) is 0 Å². The largest absolute Gasteiger partial charge is 0.489 e. The lowest BCUT2D eigenvalue weighted by Crippen LogP contribution is -2.01. The smallest absolute Gasteiger partial charge is 0.276 e. The van der Waals surface area contributed by atoms with Crippen LogP contribution in [0.4, 0.5) is 5.69 Å². The quantitative estimate of drug-likeness (QED) is 0.660. The van der Waals surface area contributed by atoms with Crippen molar-refractivity contribution in [1.82, 2.24) is 0 Å². The molecule has 0 saturated carbocycles. The molecule has 0 radical (unpaired) electrons. The first-order valence-corrected chi connectivity index (χ1v) is 5.85. The van der Waals surface area contributed by atoms with E-state index in [2.05, 4.69) is 0 Å². The summed E-state index contributed by atoms with van der Waals surface area (Å²) in [4.78, 5) is 10.5. The minimum absolute atomic E-state index is 0.0671. The maximum Gasteiger partial charge on any atom is 0.276 e. The van der Waals surface area contributed by atoms with Gasteiger partial charge >= 0.3 is 0 Å². The lowest BCUT2D eigenvalue weighted by molar-refractivity contribution is -0.385. The second-order valence-electron chi connectivity index (χ2n) is 4.03. The Balaban J connectivity index is 2.12. The average molecular weight is 258 g/mol. The van der Waals surface area contributed by atoms with E-state index in [0.717, 1.165) is 5.56 Å². The molecule has 2 N–H and O–H groups in total. The van der Waals surface area contributed by atoms with Crippen molar-refractivity contribution in [3.05, 3.63) is 69.8 Å². The summed E-state index contributed by atoms with van der Waals surface area (Å²) in [6.07, 6.45) is 0. The second kappa shape index (κ2) is 5.97. The second-order valence-corrected chi connectivity index (χ2v) is 4.03. The molecule has 0 saturated heterocycles. The summed E-state index contributed by atoms with van der Waals surface area (Å²) in [5, 5.41) is 10.9. The molecule has 0 unspecified atom stereocenters. The molecular weight excluding hydrogens is 244 g/mol. The fourth-order valence-corrected chi connectivity index (χ4v) is 1.73. The molecule has 0 atom stereocenters. The van der Waals surface area contributed by atoms with Gasteiger partial charge in [-0.25, -0.2) is 0 Å². The van der Waals surface area contributed by atoms with Crippen LogP contribution in [0.2, 0.25) is 0 Å². The first kappa shape index (κ1) is 13.0. The normalized spacial score (nSPS) is 10.2. The van der Waals surface area contributed by atoms with Crippen LogP contribution in [0.15, 0.2) is 48.5 Å². The molecule has 2 rings (SSSR count). The van der Waals surface area contributed by atoms with E-state index in [-0.39, 0.29) is 12.3 Å². The van der Waals surface area contributed by atoms with E-state index in [9.17, 15) is 10.1 Å². The molecular formula is C14H14N2O3. The van der Waals surface area contributed by atoms with E-state index in [4.69, 9.17) is 10.5 Å². The Bertz CT molecular complexity index is 584. The maximum absolute atomic E-state index is 10.9. The van der Waals surface area contributed by atoms with E-state index in [0.29, 0.717) is 17.9 Å². The number of nitrogens with two attached hydrogens (primary N) is 1. The van der Waals surface area contributed by atoms with Gasteiger partial charge in [0.05, 0.1) is 10.5 Å². The van der Waals surface area contributed by atoms with Crippen molar-refractivity contribution in [3.8, 4) is 5.75 Å². The summed E-state index contributed by atoms with van der Waals surface area (Å²) in [5.41, 5.74) is 7.12. The van der Waals surface area contributed by atoms with Gasteiger partial charge in [0, 0.05) is 12.6 Å². The lowest BCUT2D eigenvalue weighted by atomic mass is 10.2. The van der Waals surface area contributed by atoms with E-state index in [1.165, 1.54) is 6.07 Å². The minimum atomic E-state index is -0.408. The number of benzene rings is 2. The van der Waals surface area contributed by atoms with Gasteiger partial charge in [-0.3, -0.25) is 10.1 Å². The van der Waals surface area contributed by atoms with Crippen molar-refractivity contribution >= 4 is 5.69 Å². The number of hydrogen-bond acceptors (Lipinski definition) is 4.